The number of aliphatic hydroxyl groups is 1. The minimum Gasteiger partial charge on any atom is -0.507 e. The highest BCUT2D eigenvalue weighted by Gasteiger charge is 2.46. The molecule has 1 amide bonds. The van der Waals surface area contributed by atoms with E-state index in [0.29, 0.717) is 5.56 Å². The van der Waals surface area contributed by atoms with Crippen LogP contribution in [0.2, 0.25) is 0 Å². The van der Waals surface area contributed by atoms with Gasteiger partial charge in [-0.15, -0.1) is 0 Å². The highest BCUT2D eigenvalue weighted by molar-refractivity contribution is 6.46. The van der Waals surface area contributed by atoms with E-state index in [0.717, 1.165) is 38.6 Å². The molecule has 38 heavy (non-hydrogen) atoms. The maximum absolute atomic E-state index is 13.5. The van der Waals surface area contributed by atoms with Crippen molar-refractivity contribution in [2.75, 3.05) is 0 Å². The van der Waals surface area contributed by atoms with Crippen molar-refractivity contribution >= 4 is 28.2 Å². The highest BCUT2D eigenvalue weighted by Crippen LogP contribution is 2.41. The van der Waals surface area contributed by atoms with Gasteiger partial charge in [0.1, 0.15) is 5.76 Å². The maximum Gasteiger partial charge on any atom is 0.295 e. The Bertz CT molecular complexity index is 1590. The predicted molar refractivity (Wildman–Crippen MR) is 153 cm³/mol. The first-order valence-electron chi connectivity index (χ1n) is 13.0. The van der Waals surface area contributed by atoms with Crippen molar-refractivity contribution in [3.05, 3.63) is 124 Å². The molecule has 1 unspecified atom stereocenters. The molecule has 192 valence electrons. The normalized spacial score (nSPS) is 17.4. The Balaban J connectivity index is 1.67. The summed E-state index contributed by atoms with van der Waals surface area (Å²) in [7, 11) is 0. The Kier molecular flexibility index (Phi) is 6.44. The average molecular weight is 504 g/mol. The molecule has 1 atom stereocenters. The van der Waals surface area contributed by atoms with Gasteiger partial charge < -0.3 is 10.0 Å². The van der Waals surface area contributed by atoms with E-state index in [2.05, 4.69) is 26.8 Å². The molecule has 5 rings (SSSR count). The third-order valence-electron chi connectivity index (χ3n) is 7.50. The van der Waals surface area contributed by atoms with E-state index in [9.17, 15) is 14.7 Å². The average Bonchev–Trinajstić information content (AvgIpc) is 3.14. The lowest BCUT2D eigenvalue weighted by Crippen LogP contribution is -2.29. The molecule has 0 aliphatic carbocycles. The van der Waals surface area contributed by atoms with Gasteiger partial charge in [-0.25, -0.2) is 0 Å². The van der Waals surface area contributed by atoms with Gasteiger partial charge in [-0.1, -0.05) is 105 Å². The predicted octanol–water partition coefficient (Wildman–Crippen LogP) is 7.38. The fraction of sp³-hybridized carbons (Fsp3) is 0.235. The second kappa shape index (κ2) is 9.60. The van der Waals surface area contributed by atoms with Crippen molar-refractivity contribution < 1.29 is 14.7 Å². The van der Waals surface area contributed by atoms with Gasteiger partial charge in [-0.05, 0) is 58.4 Å². The number of hydrogen-bond donors (Lipinski definition) is 1. The van der Waals surface area contributed by atoms with Crippen LogP contribution in [-0.2, 0) is 21.5 Å². The van der Waals surface area contributed by atoms with E-state index in [-0.39, 0.29) is 23.3 Å². The Morgan fingerprint density at radius 1 is 0.842 bits per heavy atom. The third kappa shape index (κ3) is 4.63. The minimum atomic E-state index is -0.699. The Hall–Kier alpha value is -4.18. The summed E-state index contributed by atoms with van der Waals surface area (Å²) < 4.78 is 0. The molecular weight excluding hydrogens is 470 g/mol. The lowest BCUT2D eigenvalue weighted by Gasteiger charge is -2.27. The van der Waals surface area contributed by atoms with Gasteiger partial charge in [0.25, 0.3) is 11.7 Å². The van der Waals surface area contributed by atoms with Crippen LogP contribution in [0.25, 0.3) is 16.5 Å². The zero-order chi connectivity index (χ0) is 27.2. The molecule has 4 aromatic carbocycles. The molecule has 0 aromatic heterocycles. The summed E-state index contributed by atoms with van der Waals surface area (Å²) in [5.74, 6) is -1.41. The topological polar surface area (TPSA) is 57.6 Å². The lowest BCUT2D eigenvalue weighted by atomic mass is 9.85. The van der Waals surface area contributed by atoms with Gasteiger partial charge >= 0.3 is 0 Å². The van der Waals surface area contributed by atoms with E-state index in [4.69, 9.17) is 0 Å². The number of carbonyl (C=O) groups is 2. The molecule has 4 heteroatoms. The van der Waals surface area contributed by atoms with Crippen LogP contribution in [0, 0.1) is 13.8 Å². The smallest absolute Gasteiger partial charge is 0.295 e. The minimum absolute atomic E-state index is 0.0376. The number of fused-ring (bicyclic) bond motifs is 1. The summed E-state index contributed by atoms with van der Waals surface area (Å²) in [6.07, 6.45) is 0. The van der Waals surface area contributed by atoms with Crippen LogP contribution in [0.3, 0.4) is 0 Å². The quantitative estimate of drug-likeness (QED) is 0.180. The van der Waals surface area contributed by atoms with Gasteiger partial charge in [-0.2, -0.15) is 0 Å². The summed E-state index contributed by atoms with van der Waals surface area (Å²) in [5.41, 5.74) is 5.67. The van der Waals surface area contributed by atoms with Gasteiger partial charge in [0.15, 0.2) is 0 Å². The molecule has 4 aromatic rings. The van der Waals surface area contributed by atoms with Crippen molar-refractivity contribution in [2.45, 2.75) is 52.6 Å². The van der Waals surface area contributed by atoms with Gasteiger partial charge in [0, 0.05) is 12.1 Å². The number of benzene rings is 4. The van der Waals surface area contributed by atoms with E-state index in [1.807, 2.05) is 86.6 Å². The SMILES string of the molecule is Cc1ccc(C)c(CN2C(=O)C(=O)/C(=C(\O)c3ccc4ccccc4c3)C2c2ccc(C(C)(C)C)cc2)c1. The third-order valence-corrected chi connectivity index (χ3v) is 7.50. The second-order valence-corrected chi connectivity index (χ2v) is 11.3. The highest BCUT2D eigenvalue weighted by atomic mass is 16.3. The zero-order valence-corrected chi connectivity index (χ0v) is 22.6. The lowest BCUT2D eigenvalue weighted by molar-refractivity contribution is -0.140. The van der Waals surface area contributed by atoms with E-state index < -0.39 is 17.7 Å². The van der Waals surface area contributed by atoms with Crippen LogP contribution in [0.1, 0.15) is 60.2 Å². The van der Waals surface area contributed by atoms with Crippen LogP contribution < -0.4 is 0 Å². The molecular formula is C34H33NO3. The van der Waals surface area contributed by atoms with E-state index in [1.54, 1.807) is 11.0 Å². The van der Waals surface area contributed by atoms with Crippen LogP contribution in [0.5, 0.6) is 0 Å². The summed E-state index contributed by atoms with van der Waals surface area (Å²) >= 11 is 0. The Morgan fingerprint density at radius 3 is 2.21 bits per heavy atom. The molecule has 0 spiro atoms. The first-order chi connectivity index (χ1) is 18.0. The largest absolute Gasteiger partial charge is 0.507 e. The molecule has 1 N–H and O–H groups in total. The van der Waals surface area contributed by atoms with Crippen LogP contribution in [0.15, 0.2) is 90.5 Å². The number of carbonyl (C=O) groups excluding carboxylic acids is 2. The fourth-order valence-corrected chi connectivity index (χ4v) is 5.20. The van der Waals surface area contributed by atoms with E-state index >= 15 is 0 Å². The summed E-state index contributed by atoms with van der Waals surface area (Å²) in [5, 5.41) is 13.5. The van der Waals surface area contributed by atoms with Crippen molar-refractivity contribution in [3.8, 4) is 0 Å². The Labute approximate surface area is 224 Å². The number of hydrogen-bond acceptors (Lipinski definition) is 3. The molecule has 1 heterocycles. The van der Waals surface area contributed by atoms with Crippen LogP contribution in [0.4, 0.5) is 0 Å². The standard InChI is InChI=1S/C34H33NO3/c1-21-10-11-22(2)27(18-21)20-35-30(24-14-16-28(17-15-24)34(3,4)5)29(32(37)33(35)38)31(36)26-13-12-23-8-6-7-9-25(23)19-26/h6-19,30,36H,20H2,1-5H3/b31-29-. The number of likely N-dealkylation sites (tertiary alicyclic amines) is 1. The number of Topliss-reactive ketones (excluding diaryl/α,β-unsaturated/α-hetero) is 1. The van der Waals surface area contributed by atoms with Gasteiger partial charge in [-0.3, -0.25) is 9.59 Å². The molecule has 1 saturated heterocycles. The van der Waals surface area contributed by atoms with E-state index in [1.165, 1.54) is 0 Å². The van der Waals surface area contributed by atoms with Crippen LogP contribution in [-0.4, -0.2) is 21.7 Å². The number of aliphatic hydroxyl groups excluding tert-OH is 1. The van der Waals surface area contributed by atoms with Crippen molar-refractivity contribution in [1.29, 1.82) is 0 Å². The van der Waals surface area contributed by atoms with Crippen LogP contribution >= 0.6 is 0 Å². The number of rotatable bonds is 4. The van der Waals surface area contributed by atoms with Crippen molar-refractivity contribution in [3.63, 3.8) is 0 Å². The number of ketones is 1. The number of aryl methyl sites for hydroxylation is 2. The summed E-state index contributed by atoms with van der Waals surface area (Å²) in [4.78, 5) is 28.6. The number of amides is 1. The summed E-state index contributed by atoms with van der Waals surface area (Å²) in [6.45, 7) is 10.7. The Morgan fingerprint density at radius 2 is 1.53 bits per heavy atom. The molecule has 0 radical (unpaired) electrons. The number of nitrogens with zero attached hydrogens (tertiary/aromatic N) is 1. The van der Waals surface area contributed by atoms with Gasteiger partial charge in [0.05, 0.1) is 11.6 Å². The van der Waals surface area contributed by atoms with Crippen molar-refractivity contribution in [1.82, 2.24) is 4.90 Å². The van der Waals surface area contributed by atoms with Crippen molar-refractivity contribution in [2.24, 2.45) is 0 Å². The maximum atomic E-state index is 13.5. The molecule has 1 aliphatic rings. The monoisotopic (exact) mass is 503 g/mol. The molecule has 1 fully saturated rings. The molecule has 4 nitrogen and oxygen atoms in total. The fourth-order valence-electron chi connectivity index (χ4n) is 5.20. The molecule has 1 aliphatic heterocycles. The van der Waals surface area contributed by atoms with Gasteiger partial charge in [0.2, 0.25) is 0 Å². The first kappa shape index (κ1) is 25.5. The zero-order valence-electron chi connectivity index (χ0n) is 22.6. The first-order valence-corrected chi connectivity index (χ1v) is 13.0. The summed E-state index contributed by atoms with van der Waals surface area (Å²) in [6, 6.07) is 26.9. The molecule has 0 bridgehead atoms. The second-order valence-electron chi connectivity index (χ2n) is 11.3. The molecule has 0 saturated carbocycles.